The quantitative estimate of drug-likeness (QED) is 0.777. The number of nitrogens with one attached hydrogen (secondary N) is 1. The van der Waals surface area contributed by atoms with Crippen LogP contribution in [0.5, 0.6) is 0 Å². The van der Waals surface area contributed by atoms with E-state index in [1.54, 1.807) is 24.3 Å². The van der Waals surface area contributed by atoms with E-state index in [1.807, 2.05) is 0 Å². The molecule has 0 bridgehead atoms. The monoisotopic (exact) mass is 359 g/mol. The molecular weight excluding hydrogens is 341 g/mol. The lowest BCUT2D eigenvalue weighted by atomic mass is 10.2. The highest BCUT2D eigenvalue weighted by molar-refractivity contribution is 6.35. The van der Waals surface area contributed by atoms with Crippen LogP contribution in [0, 0.1) is 5.82 Å². The third kappa shape index (κ3) is 4.27. The Morgan fingerprint density at radius 3 is 2.46 bits per heavy atom. The number of amides is 3. The molecule has 1 aromatic carbocycles. The summed E-state index contributed by atoms with van der Waals surface area (Å²) in [4.78, 5) is 39.0. The van der Waals surface area contributed by atoms with Crippen molar-refractivity contribution >= 4 is 17.7 Å². The number of hydrogen-bond donors (Lipinski definition) is 1. The molecule has 7 nitrogen and oxygen atoms in total. The lowest BCUT2D eigenvalue weighted by Crippen LogP contribution is -2.55. The molecule has 1 N–H and O–H groups in total. The number of halogens is 1. The maximum atomic E-state index is 12.9. The molecule has 0 saturated carbocycles. The van der Waals surface area contributed by atoms with Crippen LogP contribution in [-0.2, 0) is 27.5 Å². The highest BCUT2D eigenvalue weighted by Gasteiger charge is 2.33. The van der Waals surface area contributed by atoms with Crippen molar-refractivity contribution < 1.29 is 23.2 Å². The normalized spacial score (nSPS) is 14.7. The number of rotatable bonds is 6. The summed E-state index contributed by atoms with van der Waals surface area (Å²) in [6.45, 7) is 0.838. The minimum atomic E-state index is -0.716. The van der Waals surface area contributed by atoms with E-state index < -0.39 is 11.8 Å². The third-order valence-corrected chi connectivity index (χ3v) is 4.06. The van der Waals surface area contributed by atoms with E-state index in [1.165, 1.54) is 28.2 Å². The molecular formula is C18H18FN3O4. The van der Waals surface area contributed by atoms with Crippen molar-refractivity contribution in [3.05, 3.63) is 59.8 Å². The number of benzene rings is 1. The Bertz CT molecular complexity index is 789. The molecule has 1 aromatic heterocycles. The smallest absolute Gasteiger partial charge is 0.312 e. The molecule has 0 atom stereocenters. The predicted molar refractivity (Wildman–Crippen MR) is 89.0 cm³/mol. The molecule has 136 valence electrons. The van der Waals surface area contributed by atoms with Gasteiger partial charge in [0.15, 0.2) is 0 Å². The first-order valence-electron chi connectivity index (χ1n) is 8.14. The maximum absolute atomic E-state index is 12.9. The average Bonchev–Trinajstić information content (AvgIpc) is 3.15. The number of piperazine rings is 1. The lowest BCUT2D eigenvalue weighted by Gasteiger charge is -2.33. The number of hydrogen-bond acceptors (Lipinski definition) is 4. The van der Waals surface area contributed by atoms with E-state index in [0.29, 0.717) is 12.3 Å². The van der Waals surface area contributed by atoms with Gasteiger partial charge in [0, 0.05) is 19.6 Å². The lowest BCUT2D eigenvalue weighted by molar-refractivity contribution is -0.157. The number of carbonyl (C=O) groups excluding carboxylic acids is 3. The second-order valence-electron chi connectivity index (χ2n) is 5.94. The summed E-state index contributed by atoms with van der Waals surface area (Å²) in [5.41, 5.74) is 0.734. The molecule has 0 spiro atoms. The van der Waals surface area contributed by atoms with Crippen LogP contribution >= 0.6 is 0 Å². The first-order valence-corrected chi connectivity index (χ1v) is 8.14. The minimum absolute atomic E-state index is 0.185. The Hall–Kier alpha value is -3.16. The fourth-order valence-corrected chi connectivity index (χ4v) is 2.66. The fraction of sp³-hybridized carbons (Fsp3) is 0.278. The molecule has 26 heavy (non-hydrogen) atoms. The Balaban J connectivity index is 1.51. The second kappa shape index (κ2) is 7.81. The number of nitrogens with zero attached hydrogens (tertiary/aromatic N) is 2. The minimum Gasteiger partial charge on any atom is -0.467 e. The van der Waals surface area contributed by atoms with Gasteiger partial charge in [-0.15, -0.1) is 0 Å². The van der Waals surface area contributed by atoms with E-state index in [9.17, 15) is 18.8 Å². The van der Waals surface area contributed by atoms with Crippen molar-refractivity contribution in [2.24, 2.45) is 0 Å². The zero-order valence-electron chi connectivity index (χ0n) is 14.0. The highest BCUT2D eigenvalue weighted by atomic mass is 19.1. The molecule has 1 aliphatic heterocycles. The van der Waals surface area contributed by atoms with E-state index in [0.717, 1.165) is 5.56 Å². The van der Waals surface area contributed by atoms with Crippen LogP contribution in [0.25, 0.3) is 0 Å². The topological polar surface area (TPSA) is 82.9 Å². The summed E-state index contributed by atoms with van der Waals surface area (Å²) in [7, 11) is 0. The van der Waals surface area contributed by atoms with Gasteiger partial charge in [0.25, 0.3) is 0 Å². The van der Waals surface area contributed by atoms with Crippen LogP contribution in [-0.4, -0.2) is 47.2 Å². The van der Waals surface area contributed by atoms with Crippen molar-refractivity contribution in [1.82, 2.24) is 15.1 Å². The average molecular weight is 359 g/mol. The van der Waals surface area contributed by atoms with Crippen LogP contribution < -0.4 is 5.32 Å². The molecule has 3 amide bonds. The van der Waals surface area contributed by atoms with E-state index in [2.05, 4.69) is 5.32 Å². The molecule has 1 aliphatic rings. The summed E-state index contributed by atoms with van der Waals surface area (Å²) in [5.74, 6) is -1.51. The summed E-state index contributed by atoms with van der Waals surface area (Å²) in [6.07, 6.45) is 1.50. The molecule has 3 rings (SSSR count). The number of carbonyl (C=O) groups is 3. The van der Waals surface area contributed by atoms with Gasteiger partial charge in [-0.3, -0.25) is 14.4 Å². The van der Waals surface area contributed by atoms with Crippen molar-refractivity contribution in [3.8, 4) is 0 Å². The molecule has 2 heterocycles. The summed E-state index contributed by atoms with van der Waals surface area (Å²) in [5, 5.41) is 2.64. The summed E-state index contributed by atoms with van der Waals surface area (Å²) < 4.78 is 18.1. The highest BCUT2D eigenvalue weighted by Crippen LogP contribution is 2.11. The first kappa shape index (κ1) is 17.7. The first-order chi connectivity index (χ1) is 12.5. The fourth-order valence-electron chi connectivity index (χ4n) is 2.66. The SMILES string of the molecule is O=C(CN1CCN(Cc2ccc(F)cc2)C(=O)C1=O)NCc1ccco1. The Morgan fingerprint density at radius 2 is 1.77 bits per heavy atom. The molecule has 0 unspecified atom stereocenters. The van der Waals surface area contributed by atoms with Crippen molar-refractivity contribution in [3.63, 3.8) is 0 Å². The Morgan fingerprint density at radius 1 is 1.08 bits per heavy atom. The molecule has 8 heteroatoms. The molecule has 2 aromatic rings. The van der Waals surface area contributed by atoms with Gasteiger partial charge in [0.2, 0.25) is 5.91 Å². The predicted octanol–water partition coefficient (Wildman–Crippen LogP) is 0.906. The zero-order valence-corrected chi connectivity index (χ0v) is 14.0. The summed E-state index contributed by atoms with van der Waals surface area (Å²) in [6, 6.07) is 9.19. The zero-order chi connectivity index (χ0) is 18.5. The van der Waals surface area contributed by atoms with Gasteiger partial charge >= 0.3 is 11.8 Å². The van der Waals surface area contributed by atoms with Crippen LogP contribution in [0.2, 0.25) is 0 Å². The standard InChI is InChI=1S/C18H18FN3O4/c19-14-5-3-13(4-6-14)11-21-7-8-22(18(25)17(21)24)12-16(23)20-10-15-2-1-9-26-15/h1-6,9H,7-8,10-12H2,(H,20,23). The van der Waals surface area contributed by atoms with Gasteiger partial charge in [-0.25, -0.2) is 4.39 Å². The molecule has 0 aliphatic carbocycles. The van der Waals surface area contributed by atoms with Crippen LogP contribution in [0.15, 0.2) is 47.1 Å². The van der Waals surface area contributed by atoms with Crippen molar-refractivity contribution in [2.45, 2.75) is 13.1 Å². The van der Waals surface area contributed by atoms with Crippen LogP contribution in [0.4, 0.5) is 4.39 Å². The molecule has 1 saturated heterocycles. The summed E-state index contributed by atoms with van der Waals surface area (Å²) >= 11 is 0. The van der Waals surface area contributed by atoms with Gasteiger partial charge in [0.05, 0.1) is 12.8 Å². The van der Waals surface area contributed by atoms with E-state index >= 15 is 0 Å². The van der Waals surface area contributed by atoms with E-state index in [4.69, 9.17) is 4.42 Å². The maximum Gasteiger partial charge on any atom is 0.312 e. The van der Waals surface area contributed by atoms with Crippen molar-refractivity contribution in [1.29, 1.82) is 0 Å². The second-order valence-corrected chi connectivity index (χ2v) is 5.94. The van der Waals surface area contributed by atoms with Gasteiger partial charge in [0.1, 0.15) is 18.1 Å². The van der Waals surface area contributed by atoms with Gasteiger partial charge in [-0.1, -0.05) is 12.1 Å². The van der Waals surface area contributed by atoms with Crippen LogP contribution in [0.1, 0.15) is 11.3 Å². The molecule has 1 fully saturated rings. The largest absolute Gasteiger partial charge is 0.467 e. The van der Waals surface area contributed by atoms with Gasteiger partial charge < -0.3 is 19.5 Å². The van der Waals surface area contributed by atoms with Crippen LogP contribution in [0.3, 0.4) is 0 Å². The van der Waals surface area contributed by atoms with Gasteiger partial charge in [-0.05, 0) is 29.8 Å². The van der Waals surface area contributed by atoms with Gasteiger partial charge in [-0.2, -0.15) is 0 Å². The Kier molecular flexibility index (Phi) is 5.31. The third-order valence-electron chi connectivity index (χ3n) is 4.06. The number of furan rings is 1. The van der Waals surface area contributed by atoms with Crippen molar-refractivity contribution in [2.75, 3.05) is 19.6 Å². The van der Waals surface area contributed by atoms with E-state index in [-0.39, 0.29) is 37.9 Å². The Labute approximate surface area is 149 Å². The molecule has 0 radical (unpaired) electrons.